The van der Waals surface area contributed by atoms with Crippen molar-refractivity contribution in [3.8, 4) is 40.1 Å². The van der Waals surface area contributed by atoms with Gasteiger partial charge in [0, 0.05) is 97.3 Å². The van der Waals surface area contributed by atoms with Gasteiger partial charge in [-0.15, -0.1) is 48.1 Å². The zero-order valence-electron chi connectivity index (χ0n) is 31.8. The molecule has 5 aromatic carbocycles. The second-order valence-corrected chi connectivity index (χ2v) is 14.8. The van der Waals surface area contributed by atoms with Gasteiger partial charge in [0.1, 0.15) is 5.82 Å². The Bertz CT molecular complexity index is 2930. The number of ether oxygens (including phenoxy) is 1. The molecule has 10 rings (SSSR count). The van der Waals surface area contributed by atoms with Crippen LogP contribution in [0.25, 0.3) is 50.4 Å². The van der Waals surface area contributed by atoms with Gasteiger partial charge >= 0.3 is 0 Å². The Hall–Kier alpha value is -6.70. The molecule has 58 heavy (non-hydrogen) atoms. The van der Waals surface area contributed by atoms with E-state index in [9.17, 15) is 0 Å². The number of rotatable bonds is 7. The van der Waals surface area contributed by atoms with Gasteiger partial charge in [0.15, 0.2) is 11.6 Å². The average Bonchev–Trinajstić information content (AvgIpc) is 3.80. The molecule has 0 unspecified atom stereocenters. The molecule has 0 fully saturated rings. The smallest absolute Gasteiger partial charge is 0.161 e. The minimum Gasteiger partial charge on any atom is -0.509 e. The molecular formula is C48H35N8OPt-3. The number of benzene rings is 5. The molecule has 286 valence electrons. The molecule has 1 aliphatic heterocycles. The molecule has 0 radical (unpaired) electrons. The Balaban J connectivity index is 0.00000436. The molecule has 10 heteroatoms. The third kappa shape index (κ3) is 6.67. The largest absolute Gasteiger partial charge is 0.509 e. The molecule has 5 heterocycles. The van der Waals surface area contributed by atoms with Gasteiger partial charge in [0.25, 0.3) is 0 Å². The van der Waals surface area contributed by atoms with Crippen molar-refractivity contribution in [2.75, 3.05) is 9.80 Å². The Labute approximate surface area is 350 Å². The fraction of sp³-hybridized carbons (Fsp3) is 0.0833. The van der Waals surface area contributed by atoms with E-state index in [1.807, 2.05) is 66.9 Å². The summed E-state index contributed by atoms with van der Waals surface area (Å²) in [5.41, 5.74) is 8.53. The quantitative estimate of drug-likeness (QED) is 0.146. The monoisotopic (exact) mass is 934 g/mol. The summed E-state index contributed by atoms with van der Waals surface area (Å²) in [4.78, 5) is 27.3. The third-order valence-electron chi connectivity index (χ3n) is 10.1. The van der Waals surface area contributed by atoms with Crippen LogP contribution in [0.3, 0.4) is 0 Å². The van der Waals surface area contributed by atoms with Gasteiger partial charge in [0.05, 0.1) is 0 Å². The van der Waals surface area contributed by atoms with Crippen LogP contribution in [0, 0.1) is 18.8 Å². The van der Waals surface area contributed by atoms with E-state index in [2.05, 4.69) is 135 Å². The minimum absolute atomic E-state index is 0. The molecule has 0 saturated heterocycles. The summed E-state index contributed by atoms with van der Waals surface area (Å²) < 4.78 is 8.74. The van der Waals surface area contributed by atoms with Crippen LogP contribution in [0.2, 0.25) is 0 Å². The second-order valence-electron chi connectivity index (χ2n) is 14.8. The first-order valence-electron chi connectivity index (χ1n) is 18.7. The summed E-state index contributed by atoms with van der Waals surface area (Å²) in [6.45, 7) is 8.71. The maximum atomic E-state index is 6.56. The normalized spacial score (nSPS) is 12.5. The van der Waals surface area contributed by atoms with Crippen LogP contribution in [0.15, 0.2) is 152 Å². The molecule has 9 aromatic rings. The van der Waals surface area contributed by atoms with Crippen molar-refractivity contribution in [2.24, 2.45) is 0 Å². The van der Waals surface area contributed by atoms with E-state index in [-0.39, 0.29) is 26.5 Å². The fourth-order valence-corrected chi connectivity index (χ4v) is 7.37. The van der Waals surface area contributed by atoms with Gasteiger partial charge in [-0.25, -0.2) is 24.9 Å². The summed E-state index contributed by atoms with van der Waals surface area (Å²) in [6.07, 6.45) is 8.89. The number of hydrogen-bond acceptors (Lipinski definition) is 8. The molecular weight excluding hydrogens is 900 g/mol. The van der Waals surface area contributed by atoms with Crippen molar-refractivity contribution in [1.82, 2.24) is 29.5 Å². The Kier molecular flexibility index (Phi) is 9.54. The van der Waals surface area contributed by atoms with E-state index < -0.39 is 0 Å². The number of anilines is 4. The van der Waals surface area contributed by atoms with Crippen LogP contribution in [-0.2, 0) is 26.5 Å². The van der Waals surface area contributed by atoms with Crippen LogP contribution < -0.4 is 14.5 Å². The van der Waals surface area contributed by atoms with Gasteiger partial charge in [-0.3, -0.25) is 0 Å². The predicted molar refractivity (Wildman–Crippen MR) is 225 cm³/mol. The van der Waals surface area contributed by atoms with Gasteiger partial charge in [0.2, 0.25) is 0 Å². The maximum absolute atomic E-state index is 6.56. The molecule has 1 aliphatic rings. The summed E-state index contributed by atoms with van der Waals surface area (Å²) >= 11 is 0. The number of aromatic nitrogens is 6. The van der Waals surface area contributed by atoms with E-state index in [1.54, 1.807) is 24.8 Å². The average molecular weight is 935 g/mol. The molecule has 0 amide bonds. The first-order valence-corrected chi connectivity index (χ1v) is 18.7. The van der Waals surface area contributed by atoms with Crippen LogP contribution in [-0.4, -0.2) is 29.5 Å². The molecule has 0 saturated carbocycles. The standard InChI is InChI=1S/C48H35N8O.Pt/c1-48(2,3)33-21-26-49-45(28-33)56-40-14-5-4-13-37(40)38-20-18-36(30-44(38)56)57-35-12-8-11-34(29-35)54-31-55(42-16-7-6-15-41(42)54)43-27-32(46-50-22-9-23-51-46)17-19-39(43)47-52-24-10-25-53-47;/h4-28,31H,1-3H3;/q-3;. The van der Waals surface area contributed by atoms with Crippen LogP contribution in [0.4, 0.5) is 22.7 Å². The minimum atomic E-state index is -0.0284. The van der Waals surface area contributed by atoms with E-state index in [1.165, 1.54) is 5.56 Å². The van der Waals surface area contributed by atoms with E-state index in [4.69, 9.17) is 9.72 Å². The Morgan fingerprint density at radius 2 is 1.28 bits per heavy atom. The van der Waals surface area contributed by atoms with Gasteiger partial charge < -0.3 is 19.1 Å². The fourth-order valence-electron chi connectivity index (χ4n) is 7.37. The molecule has 0 aliphatic carbocycles. The number of pyridine rings is 1. The molecule has 0 spiro atoms. The van der Waals surface area contributed by atoms with Gasteiger partial charge in [-0.2, -0.15) is 12.1 Å². The van der Waals surface area contributed by atoms with Crippen LogP contribution in [0.5, 0.6) is 11.5 Å². The van der Waals surface area contributed by atoms with E-state index >= 15 is 0 Å². The van der Waals surface area contributed by atoms with E-state index in [0.717, 1.165) is 61.5 Å². The van der Waals surface area contributed by atoms with Crippen LogP contribution in [0.1, 0.15) is 26.3 Å². The Morgan fingerprint density at radius 3 is 2.05 bits per heavy atom. The van der Waals surface area contributed by atoms with Crippen molar-refractivity contribution in [3.63, 3.8) is 0 Å². The number of fused-ring (bicyclic) bond motifs is 4. The van der Waals surface area contributed by atoms with Gasteiger partial charge in [-0.05, 0) is 71.0 Å². The summed E-state index contributed by atoms with van der Waals surface area (Å²) in [6, 6.07) is 47.8. The molecule has 9 nitrogen and oxygen atoms in total. The molecule has 0 atom stereocenters. The van der Waals surface area contributed by atoms with Crippen molar-refractivity contribution >= 4 is 44.6 Å². The number of para-hydroxylation sites is 3. The van der Waals surface area contributed by atoms with Crippen LogP contribution >= 0.6 is 0 Å². The van der Waals surface area contributed by atoms with Crippen molar-refractivity contribution in [2.45, 2.75) is 26.2 Å². The maximum Gasteiger partial charge on any atom is 0.161 e. The summed E-state index contributed by atoms with van der Waals surface area (Å²) in [7, 11) is 0. The Morgan fingerprint density at radius 1 is 0.569 bits per heavy atom. The molecule has 4 aromatic heterocycles. The third-order valence-corrected chi connectivity index (χ3v) is 10.1. The SMILES string of the molecule is CC(C)(C)c1ccnc(-n2c3[c-]c(Oc4[c-]c(N5[CH-]N(c6cc(-c7ncccn7)ccc6-c6ncccn6)c6ccccc65)ccc4)ccc3c3ccccc32)c1.[Pt]. The zero-order chi connectivity index (χ0) is 38.5. The zero-order valence-corrected chi connectivity index (χ0v) is 34.1. The van der Waals surface area contributed by atoms with Crippen molar-refractivity contribution in [3.05, 3.63) is 177 Å². The van der Waals surface area contributed by atoms with Crippen molar-refractivity contribution < 1.29 is 25.8 Å². The van der Waals surface area contributed by atoms with E-state index in [0.29, 0.717) is 23.1 Å². The summed E-state index contributed by atoms with van der Waals surface area (Å²) in [5, 5.41) is 2.20. The first kappa shape index (κ1) is 36.9. The molecule has 0 bridgehead atoms. The first-order chi connectivity index (χ1) is 27.9. The summed E-state index contributed by atoms with van der Waals surface area (Å²) in [5.74, 6) is 3.22. The second kappa shape index (κ2) is 15.0. The van der Waals surface area contributed by atoms with Crippen molar-refractivity contribution in [1.29, 1.82) is 0 Å². The topological polar surface area (TPSA) is 85.1 Å². The van der Waals surface area contributed by atoms with Gasteiger partial charge in [-0.1, -0.05) is 62.7 Å². The number of hydrogen-bond donors (Lipinski definition) is 0. The number of nitrogens with zero attached hydrogens (tertiary/aromatic N) is 8. The predicted octanol–water partition coefficient (Wildman–Crippen LogP) is 11.2. The molecule has 0 N–H and O–H groups in total.